The first-order chi connectivity index (χ1) is 16.8. The molecule has 0 saturated carbocycles. The maximum atomic E-state index is 5.41. The molecule has 2 aliphatic heterocycles. The molecule has 2 aliphatic rings. The maximum Gasteiger partial charge on any atom is 0.119 e. The number of benzene rings is 4. The molecule has 1 atom stereocenters. The molecule has 166 valence electrons. The van der Waals surface area contributed by atoms with Crippen molar-refractivity contribution in [2.45, 2.75) is 0 Å². The lowest BCUT2D eigenvalue weighted by Gasteiger charge is -2.20. The Hall–Kier alpha value is -3.47. The summed E-state index contributed by atoms with van der Waals surface area (Å²) < 4.78 is 7.84. The van der Waals surface area contributed by atoms with E-state index in [1.807, 2.05) is 22.9 Å². The summed E-state index contributed by atoms with van der Waals surface area (Å²) in [6, 6.07) is 40.7. The molecule has 0 spiro atoms. The van der Waals surface area contributed by atoms with Crippen LogP contribution in [-0.2, 0) is 0 Å². The van der Waals surface area contributed by atoms with Gasteiger partial charge in [0.2, 0.25) is 0 Å². The van der Waals surface area contributed by atoms with Crippen LogP contribution in [0.4, 0.5) is 5.69 Å². The van der Waals surface area contributed by atoms with Gasteiger partial charge < -0.3 is 4.74 Å². The van der Waals surface area contributed by atoms with E-state index in [-0.39, 0.29) is 9.70 Å². The Bertz CT molecular complexity index is 1420. The highest BCUT2D eigenvalue weighted by Gasteiger charge is 2.36. The van der Waals surface area contributed by atoms with E-state index in [0.717, 1.165) is 5.75 Å². The number of hydrogen-bond donors (Lipinski definition) is 0. The van der Waals surface area contributed by atoms with Crippen LogP contribution in [0, 0.1) is 0 Å². The van der Waals surface area contributed by atoms with Crippen LogP contribution in [0.3, 0.4) is 0 Å². The molecule has 0 amide bonds. The van der Waals surface area contributed by atoms with Crippen molar-refractivity contribution in [2.75, 3.05) is 11.4 Å². The van der Waals surface area contributed by atoms with Gasteiger partial charge in [0.15, 0.2) is 0 Å². The third kappa shape index (κ3) is 3.69. The van der Waals surface area contributed by atoms with Crippen molar-refractivity contribution in [3.05, 3.63) is 138 Å². The summed E-state index contributed by atoms with van der Waals surface area (Å²) in [5.41, 5.74) is 7.57. The van der Waals surface area contributed by atoms with E-state index in [9.17, 15) is 0 Å². The van der Waals surface area contributed by atoms with Crippen LogP contribution >= 0.6 is 20.5 Å². The van der Waals surface area contributed by atoms with Gasteiger partial charge in [-0.2, -0.15) is 0 Å². The van der Waals surface area contributed by atoms with Crippen LogP contribution in [0.1, 0.15) is 16.7 Å². The molecule has 4 aromatic rings. The highest BCUT2D eigenvalue weighted by Crippen LogP contribution is 2.62. The lowest BCUT2D eigenvalue weighted by molar-refractivity contribution is 0.415. The summed E-state index contributed by atoms with van der Waals surface area (Å²) in [5.74, 6) is 0.870. The average molecular weight is 478 g/mol. The van der Waals surface area contributed by atoms with E-state index < -0.39 is 0 Å². The molecule has 34 heavy (non-hydrogen) atoms. The van der Waals surface area contributed by atoms with Gasteiger partial charge in [0.05, 0.1) is 12.8 Å². The summed E-state index contributed by atoms with van der Waals surface area (Å²) in [6.07, 6.45) is 2.33. The maximum absolute atomic E-state index is 5.41. The van der Waals surface area contributed by atoms with E-state index in [0.29, 0.717) is 0 Å². The Morgan fingerprint density at radius 2 is 1.21 bits per heavy atom. The summed E-state index contributed by atoms with van der Waals surface area (Å²) >= 11 is 0. The zero-order valence-electron chi connectivity index (χ0n) is 18.7. The first-order valence-electron chi connectivity index (χ1n) is 11.2. The smallest absolute Gasteiger partial charge is 0.119 e. The summed E-state index contributed by atoms with van der Waals surface area (Å²) in [4.78, 5) is 2.74. The van der Waals surface area contributed by atoms with Crippen molar-refractivity contribution >= 4 is 47.1 Å². The monoisotopic (exact) mass is 477 g/mol. The number of ether oxygens (including phenoxy) is 1. The fourth-order valence-electron chi connectivity index (χ4n) is 4.32. The summed E-state index contributed by atoms with van der Waals surface area (Å²) in [6.45, 7) is 0. The Morgan fingerprint density at radius 1 is 0.647 bits per heavy atom. The Kier molecular flexibility index (Phi) is 5.61. The quantitative estimate of drug-likeness (QED) is 0.213. The third-order valence-corrected chi connectivity index (χ3v) is 10.1. The minimum absolute atomic E-state index is 0.198. The van der Waals surface area contributed by atoms with Crippen molar-refractivity contribution in [3.63, 3.8) is 0 Å². The van der Waals surface area contributed by atoms with Crippen molar-refractivity contribution in [2.24, 2.45) is 0 Å². The normalized spacial score (nSPS) is 17.1. The minimum atomic E-state index is -0.198. The molecule has 0 bridgehead atoms. The first-order valence-corrected chi connectivity index (χ1v) is 13.7. The molecular formula is C30H23NOS2. The molecule has 0 aliphatic carbocycles. The van der Waals surface area contributed by atoms with Gasteiger partial charge in [0.25, 0.3) is 0 Å². The molecule has 4 aromatic carbocycles. The van der Waals surface area contributed by atoms with Crippen molar-refractivity contribution in [1.82, 2.24) is 0 Å². The molecule has 2 nitrogen and oxygen atoms in total. The van der Waals surface area contributed by atoms with Crippen molar-refractivity contribution in [3.8, 4) is 5.75 Å². The van der Waals surface area contributed by atoms with Gasteiger partial charge in [-0.05, 0) is 61.5 Å². The largest absolute Gasteiger partial charge is 0.497 e. The van der Waals surface area contributed by atoms with Gasteiger partial charge in [-0.1, -0.05) is 91.0 Å². The molecule has 2 heterocycles. The van der Waals surface area contributed by atoms with Crippen LogP contribution < -0.4 is 9.04 Å². The molecule has 0 fully saturated rings. The molecule has 0 N–H and O–H groups in total. The topological polar surface area (TPSA) is 12.5 Å². The SMILES string of the molecule is COc1ccc(N2C=C(c3ccccc3)C3=S2SC(c2ccccc2)=C3c2ccccc2)cc1. The van der Waals surface area contributed by atoms with E-state index in [4.69, 9.17) is 4.74 Å². The zero-order valence-corrected chi connectivity index (χ0v) is 20.4. The lowest BCUT2D eigenvalue weighted by atomic mass is 9.92. The fourth-order valence-corrected chi connectivity index (χ4v) is 9.11. The molecule has 1 unspecified atom stereocenters. The Labute approximate surface area is 206 Å². The van der Waals surface area contributed by atoms with E-state index in [1.165, 1.54) is 43.3 Å². The van der Waals surface area contributed by atoms with Crippen LogP contribution in [-0.4, -0.2) is 12.0 Å². The predicted molar refractivity (Wildman–Crippen MR) is 150 cm³/mol. The van der Waals surface area contributed by atoms with E-state index in [2.05, 4.69) is 114 Å². The molecule has 0 saturated heterocycles. The minimum Gasteiger partial charge on any atom is -0.497 e. The number of rotatable bonds is 5. The fraction of sp³-hybridized carbons (Fsp3) is 0.0333. The van der Waals surface area contributed by atoms with Gasteiger partial charge in [-0.25, -0.2) is 0 Å². The molecule has 0 aromatic heterocycles. The highest BCUT2D eigenvalue weighted by atomic mass is 33.1. The second-order valence-electron chi connectivity index (χ2n) is 8.03. The molecular weight excluding hydrogens is 454 g/mol. The van der Waals surface area contributed by atoms with Gasteiger partial charge >= 0.3 is 0 Å². The van der Waals surface area contributed by atoms with Gasteiger partial charge in [-0.3, -0.25) is 4.31 Å². The Balaban J connectivity index is 1.57. The average Bonchev–Trinajstić information content (AvgIpc) is 3.48. The van der Waals surface area contributed by atoms with Crippen molar-refractivity contribution < 1.29 is 4.74 Å². The molecule has 4 heteroatoms. The van der Waals surface area contributed by atoms with Gasteiger partial charge in [-0.15, -0.1) is 0 Å². The summed E-state index contributed by atoms with van der Waals surface area (Å²) in [5, 5.41) is 0. The van der Waals surface area contributed by atoms with Crippen LogP contribution in [0.2, 0.25) is 0 Å². The second kappa shape index (κ2) is 9.05. The number of nitrogens with zero attached hydrogens (tertiary/aromatic N) is 1. The predicted octanol–water partition coefficient (Wildman–Crippen LogP) is 8.14. The van der Waals surface area contributed by atoms with Crippen LogP contribution in [0.15, 0.2) is 121 Å². The molecule has 0 radical (unpaired) electrons. The summed E-state index contributed by atoms with van der Waals surface area (Å²) in [7, 11) is 3.47. The number of hydrogen-bond acceptors (Lipinski definition) is 3. The standard InChI is InChI=1S/C30H23NOS2/c1-32-26-19-17-25(18-20-26)31-21-27(22-11-5-2-6-12-22)30-28(23-13-7-3-8-14-23)29(33-34(30)31)24-15-9-4-10-16-24/h2-21H,1H3. The van der Waals surface area contributed by atoms with Crippen LogP contribution in [0.5, 0.6) is 5.75 Å². The van der Waals surface area contributed by atoms with Gasteiger partial charge in [0.1, 0.15) is 5.75 Å². The lowest BCUT2D eigenvalue weighted by Crippen LogP contribution is -2.03. The Morgan fingerprint density at radius 3 is 1.79 bits per heavy atom. The number of methoxy groups -OCH3 is 1. The number of anilines is 1. The number of allylic oxidation sites excluding steroid dienone is 2. The zero-order chi connectivity index (χ0) is 22.9. The third-order valence-electron chi connectivity index (χ3n) is 5.97. The first kappa shape index (κ1) is 21.1. The second-order valence-corrected chi connectivity index (χ2v) is 11.4. The van der Waals surface area contributed by atoms with Crippen molar-refractivity contribution in [1.29, 1.82) is 0 Å². The molecule has 6 rings (SSSR count). The van der Waals surface area contributed by atoms with Gasteiger partial charge in [0, 0.05) is 27.1 Å². The van der Waals surface area contributed by atoms with E-state index >= 15 is 0 Å². The van der Waals surface area contributed by atoms with Crippen LogP contribution in [0.25, 0.3) is 16.1 Å². The highest BCUT2D eigenvalue weighted by molar-refractivity contribution is 8.88. The van der Waals surface area contributed by atoms with E-state index in [1.54, 1.807) is 7.11 Å².